The van der Waals surface area contributed by atoms with Crippen LogP contribution in [0.1, 0.15) is 13.8 Å². The van der Waals surface area contributed by atoms with Gasteiger partial charge in [-0.3, -0.25) is 4.72 Å². The van der Waals surface area contributed by atoms with Crippen molar-refractivity contribution in [1.29, 1.82) is 0 Å². The summed E-state index contributed by atoms with van der Waals surface area (Å²) in [4.78, 5) is 16.5. The molecule has 1 aliphatic heterocycles. The maximum Gasteiger partial charge on any atom is 0.223 e. The number of rotatable bonds is 10. The molecule has 0 amide bonds. The summed E-state index contributed by atoms with van der Waals surface area (Å²) in [5.74, 6) is -0.572. The van der Waals surface area contributed by atoms with Crippen LogP contribution in [-0.4, -0.2) is 59.1 Å². The van der Waals surface area contributed by atoms with E-state index >= 15 is 0 Å². The van der Waals surface area contributed by atoms with Crippen molar-refractivity contribution in [3.8, 4) is 27.6 Å². The molecule has 2 N–H and O–H groups in total. The zero-order valence-corrected chi connectivity index (χ0v) is 24.5. The number of halogens is 2. The van der Waals surface area contributed by atoms with Crippen molar-refractivity contribution in [2.75, 3.05) is 54.9 Å². The lowest BCUT2D eigenvalue weighted by atomic mass is 10.1. The number of hydrogen-bond donors (Lipinski definition) is 2. The van der Waals surface area contributed by atoms with E-state index in [9.17, 15) is 13.0 Å². The Labute approximate surface area is 243 Å². The Morgan fingerprint density at radius 2 is 1.83 bits per heavy atom. The normalized spacial score (nSPS) is 14.2. The Morgan fingerprint density at radius 1 is 1.10 bits per heavy atom. The summed E-state index contributed by atoms with van der Waals surface area (Å²) in [7, 11) is -0.756. The molecule has 0 bridgehead atoms. The van der Waals surface area contributed by atoms with E-state index < -0.39 is 27.5 Å². The molecule has 1 unspecified atom stereocenters. The highest BCUT2D eigenvalue weighted by Gasteiger charge is 2.25. The predicted molar refractivity (Wildman–Crippen MR) is 158 cm³/mol. The van der Waals surface area contributed by atoms with Gasteiger partial charge in [0.15, 0.2) is 21.9 Å². The molecule has 0 spiro atoms. The molecular formula is C28H30F2N6O3S2. The highest BCUT2D eigenvalue weighted by molar-refractivity contribution is 7.86. The maximum absolute atomic E-state index is 14.3. The second-order valence-corrected chi connectivity index (χ2v) is 11.7. The molecular weight excluding hydrogens is 570 g/mol. The third-order valence-corrected chi connectivity index (χ3v) is 8.54. The number of anilines is 3. The summed E-state index contributed by atoms with van der Waals surface area (Å²) in [6.45, 7) is 7.53. The Hall–Kier alpha value is -3.68. The van der Waals surface area contributed by atoms with E-state index in [1.54, 1.807) is 18.3 Å². The molecule has 2 aromatic heterocycles. The van der Waals surface area contributed by atoms with Crippen LogP contribution >= 0.6 is 11.3 Å². The van der Waals surface area contributed by atoms with Gasteiger partial charge >= 0.3 is 0 Å². The van der Waals surface area contributed by atoms with E-state index in [4.69, 9.17) is 19.4 Å². The number of nitrogens with one attached hydrogen (secondary N) is 2. The monoisotopic (exact) mass is 600 g/mol. The van der Waals surface area contributed by atoms with Gasteiger partial charge in [-0.1, -0.05) is 37.3 Å². The van der Waals surface area contributed by atoms with Crippen LogP contribution in [0.2, 0.25) is 0 Å². The topological polar surface area (TPSA) is 102 Å². The minimum absolute atomic E-state index is 0.292. The lowest BCUT2D eigenvalue weighted by Gasteiger charge is -2.26. The van der Waals surface area contributed by atoms with Gasteiger partial charge in [-0.2, -0.15) is 0 Å². The van der Waals surface area contributed by atoms with Crippen molar-refractivity contribution in [1.82, 2.24) is 15.0 Å². The summed E-state index contributed by atoms with van der Waals surface area (Å²) < 4.78 is 55.7. The summed E-state index contributed by atoms with van der Waals surface area (Å²) in [6, 6.07) is 10.4. The molecule has 1 fully saturated rings. The third-order valence-electron chi connectivity index (χ3n) is 6.24. The molecule has 1 saturated heterocycles. The fraction of sp³-hybridized carbons (Fsp3) is 0.321. The van der Waals surface area contributed by atoms with Crippen molar-refractivity contribution in [3.63, 3.8) is 0 Å². The Balaban J connectivity index is 1.58. The average molecular weight is 601 g/mol. The van der Waals surface area contributed by atoms with Crippen molar-refractivity contribution in [3.05, 3.63) is 60.3 Å². The zero-order valence-electron chi connectivity index (χ0n) is 22.8. The van der Waals surface area contributed by atoms with Crippen molar-refractivity contribution in [2.45, 2.75) is 18.7 Å². The quantitative estimate of drug-likeness (QED) is 0.243. The minimum atomic E-state index is -2.23. The van der Waals surface area contributed by atoms with E-state index in [0.29, 0.717) is 66.6 Å². The molecule has 4 aromatic rings. The van der Waals surface area contributed by atoms with E-state index in [1.807, 2.05) is 12.1 Å². The number of hydrogen-bond acceptors (Lipinski definition) is 9. The average Bonchev–Trinajstić information content (AvgIpc) is 3.42. The molecule has 3 heterocycles. The molecule has 216 valence electrons. The second kappa shape index (κ2) is 12.9. The van der Waals surface area contributed by atoms with Gasteiger partial charge in [-0.05, 0) is 36.2 Å². The fourth-order valence-electron chi connectivity index (χ4n) is 4.25. The van der Waals surface area contributed by atoms with Gasteiger partial charge in [-0.15, -0.1) is 0 Å². The molecule has 0 aliphatic carbocycles. The predicted octanol–water partition coefficient (Wildman–Crippen LogP) is 5.59. The zero-order chi connectivity index (χ0) is 28.9. The summed E-state index contributed by atoms with van der Waals surface area (Å²) in [5, 5.41) is 4.06. The van der Waals surface area contributed by atoms with Gasteiger partial charge in [0, 0.05) is 31.4 Å². The first-order valence-corrected chi connectivity index (χ1v) is 15.0. The maximum atomic E-state index is 14.3. The first kappa shape index (κ1) is 28.8. The number of thiazole rings is 1. The number of methoxy groups -OCH3 is 1. The summed E-state index contributed by atoms with van der Waals surface area (Å²) in [5.41, 5.74) is 2.17. The molecule has 1 atom stereocenters. The van der Waals surface area contributed by atoms with Gasteiger partial charge in [0.05, 0.1) is 42.3 Å². The number of morpholine rings is 1. The molecule has 1 aliphatic rings. The largest absolute Gasteiger partial charge is 0.494 e. The first-order chi connectivity index (χ1) is 19.9. The van der Waals surface area contributed by atoms with Gasteiger partial charge in [0.25, 0.3) is 0 Å². The van der Waals surface area contributed by atoms with Gasteiger partial charge < -0.3 is 19.7 Å². The van der Waals surface area contributed by atoms with Gasteiger partial charge in [0.1, 0.15) is 16.5 Å². The number of ether oxygens (including phenoxy) is 2. The summed E-state index contributed by atoms with van der Waals surface area (Å²) in [6.07, 6.45) is 1.70. The highest BCUT2D eigenvalue weighted by atomic mass is 32.2. The SMILES string of the molecule is COc1c(NS(=O)c2c(F)cccc2F)cccc1-c1nc(N2CCOCC2)sc1-c1ccnc(NCC(C)C)n1. The number of nitrogens with zero attached hydrogens (tertiary/aromatic N) is 4. The van der Waals surface area contributed by atoms with E-state index in [1.165, 1.54) is 24.5 Å². The second-order valence-electron chi connectivity index (χ2n) is 9.62. The molecule has 0 saturated carbocycles. The number of benzene rings is 2. The van der Waals surface area contributed by atoms with E-state index in [0.717, 1.165) is 28.7 Å². The van der Waals surface area contributed by atoms with Crippen LogP contribution in [0.25, 0.3) is 21.8 Å². The Morgan fingerprint density at radius 3 is 2.54 bits per heavy atom. The van der Waals surface area contributed by atoms with Crippen LogP contribution in [0.3, 0.4) is 0 Å². The van der Waals surface area contributed by atoms with Crippen LogP contribution in [0.4, 0.5) is 25.5 Å². The third kappa shape index (κ3) is 6.47. The van der Waals surface area contributed by atoms with Crippen LogP contribution in [0, 0.1) is 17.6 Å². The number of para-hydroxylation sites is 1. The first-order valence-electron chi connectivity index (χ1n) is 13.1. The standard InChI is InChI=1S/C28H30F2N6O3S2/c1-17(2)16-32-27-31-11-10-22(33-27)25-23(34-28(40-25)36-12-14-39-15-13-36)18-6-4-9-21(24(18)38-3)35-41(37)26-19(29)7-5-8-20(26)30/h4-11,17,35H,12-16H2,1-3H3,(H,31,32,33). The summed E-state index contributed by atoms with van der Waals surface area (Å²) >= 11 is 1.49. The molecule has 9 nitrogen and oxygen atoms in total. The Kier molecular flexibility index (Phi) is 9.06. The smallest absolute Gasteiger partial charge is 0.223 e. The van der Waals surface area contributed by atoms with Crippen LogP contribution < -0.4 is 19.7 Å². The molecule has 2 aromatic carbocycles. The fourth-order valence-corrected chi connectivity index (χ4v) is 6.31. The van der Waals surface area contributed by atoms with Crippen LogP contribution in [0.15, 0.2) is 53.6 Å². The minimum Gasteiger partial charge on any atom is -0.494 e. The highest BCUT2D eigenvalue weighted by Crippen LogP contribution is 2.45. The van der Waals surface area contributed by atoms with Crippen molar-refractivity contribution in [2.24, 2.45) is 5.92 Å². The van der Waals surface area contributed by atoms with E-state index in [-0.39, 0.29) is 0 Å². The Bertz CT molecular complexity index is 1530. The lowest BCUT2D eigenvalue weighted by molar-refractivity contribution is 0.122. The van der Waals surface area contributed by atoms with Crippen LogP contribution in [0.5, 0.6) is 5.75 Å². The van der Waals surface area contributed by atoms with Crippen molar-refractivity contribution < 1.29 is 22.5 Å². The lowest BCUT2D eigenvalue weighted by Crippen LogP contribution is -2.36. The molecule has 0 radical (unpaired) electrons. The molecule has 5 rings (SSSR count). The van der Waals surface area contributed by atoms with Crippen LogP contribution in [-0.2, 0) is 15.7 Å². The van der Waals surface area contributed by atoms with E-state index in [2.05, 4.69) is 33.8 Å². The van der Waals surface area contributed by atoms with Gasteiger partial charge in [0.2, 0.25) is 5.95 Å². The molecule has 41 heavy (non-hydrogen) atoms. The van der Waals surface area contributed by atoms with Gasteiger partial charge in [-0.25, -0.2) is 27.9 Å². The van der Waals surface area contributed by atoms with Crippen molar-refractivity contribution >= 4 is 39.1 Å². The number of aromatic nitrogens is 3. The molecule has 13 heteroatoms.